The summed E-state index contributed by atoms with van der Waals surface area (Å²) in [5.74, 6) is 0.475. The van der Waals surface area contributed by atoms with Crippen LogP contribution in [-0.4, -0.2) is 35.6 Å². The Hall–Kier alpha value is -1.99. The lowest BCUT2D eigenvalue weighted by Crippen LogP contribution is -2.50. The number of hydrogen-bond acceptors (Lipinski definition) is 3. The van der Waals surface area contributed by atoms with Gasteiger partial charge in [0.05, 0.1) is 5.75 Å². The molecule has 0 aliphatic rings. The molecular formula is C26H25BrCl2N2O2S. The van der Waals surface area contributed by atoms with E-state index in [4.69, 9.17) is 23.2 Å². The molecule has 0 aliphatic heterocycles. The van der Waals surface area contributed by atoms with Crippen LogP contribution in [0.4, 0.5) is 0 Å². The van der Waals surface area contributed by atoms with E-state index >= 15 is 0 Å². The van der Waals surface area contributed by atoms with Gasteiger partial charge in [-0.2, -0.15) is 0 Å². The maximum absolute atomic E-state index is 13.5. The van der Waals surface area contributed by atoms with Crippen LogP contribution >= 0.6 is 50.9 Å². The third kappa shape index (κ3) is 7.77. The number of hydrogen-bond donors (Lipinski definition) is 1. The topological polar surface area (TPSA) is 49.4 Å². The fourth-order valence-electron chi connectivity index (χ4n) is 3.52. The van der Waals surface area contributed by atoms with Gasteiger partial charge in [0, 0.05) is 40.3 Å². The van der Waals surface area contributed by atoms with Crippen molar-refractivity contribution in [1.29, 1.82) is 0 Å². The van der Waals surface area contributed by atoms with E-state index in [-0.39, 0.29) is 17.6 Å². The summed E-state index contributed by atoms with van der Waals surface area (Å²) in [6, 6.07) is 22.2. The van der Waals surface area contributed by atoms with E-state index in [1.165, 1.54) is 11.8 Å². The first kappa shape index (κ1) is 26.6. The standard InChI is InChI=1S/C26H25BrCl2N2O2S/c1-30-26(33)24(13-18-6-3-2-4-7-18)31(15-19-8-5-9-21(27)12-19)25(32)17-34-16-20-10-11-22(28)14-23(20)29/h2-12,14,24H,13,15-17H2,1H3,(H,30,33)/t24-/m0/s1. The SMILES string of the molecule is CNC(=O)[C@H](Cc1ccccc1)N(Cc1cccc(Br)c1)C(=O)CSCc1ccc(Cl)cc1Cl. The molecule has 1 atom stereocenters. The molecule has 3 rings (SSSR count). The number of amides is 2. The van der Waals surface area contributed by atoms with Crippen LogP contribution in [0.25, 0.3) is 0 Å². The number of halogens is 3. The van der Waals surface area contributed by atoms with E-state index in [2.05, 4.69) is 21.2 Å². The van der Waals surface area contributed by atoms with Gasteiger partial charge >= 0.3 is 0 Å². The van der Waals surface area contributed by atoms with Crippen LogP contribution in [0.1, 0.15) is 16.7 Å². The van der Waals surface area contributed by atoms with Crippen molar-refractivity contribution in [3.05, 3.63) is 104 Å². The first-order valence-corrected chi connectivity index (χ1v) is 13.4. The molecule has 0 aromatic heterocycles. The van der Waals surface area contributed by atoms with Crippen LogP contribution in [0, 0.1) is 0 Å². The minimum atomic E-state index is -0.640. The van der Waals surface area contributed by atoms with Crippen molar-refractivity contribution in [2.45, 2.75) is 24.8 Å². The zero-order chi connectivity index (χ0) is 24.5. The molecule has 178 valence electrons. The van der Waals surface area contributed by atoms with E-state index in [0.29, 0.717) is 28.8 Å². The molecule has 0 fully saturated rings. The van der Waals surface area contributed by atoms with E-state index < -0.39 is 6.04 Å². The van der Waals surface area contributed by atoms with Crippen LogP contribution in [0.5, 0.6) is 0 Å². The highest BCUT2D eigenvalue weighted by Gasteiger charge is 2.29. The Morgan fingerprint density at radius 1 is 1.00 bits per heavy atom. The van der Waals surface area contributed by atoms with Gasteiger partial charge in [0.2, 0.25) is 11.8 Å². The largest absolute Gasteiger partial charge is 0.357 e. The first-order chi connectivity index (χ1) is 16.4. The molecule has 8 heteroatoms. The number of thioether (sulfide) groups is 1. The van der Waals surface area contributed by atoms with E-state index in [1.807, 2.05) is 60.7 Å². The lowest BCUT2D eigenvalue weighted by atomic mass is 10.0. The minimum absolute atomic E-state index is 0.111. The third-order valence-electron chi connectivity index (χ3n) is 5.26. The zero-order valence-electron chi connectivity index (χ0n) is 18.6. The molecule has 0 bridgehead atoms. The second-order valence-electron chi connectivity index (χ2n) is 7.70. The summed E-state index contributed by atoms with van der Waals surface area (Å²) in [7, 11) is 1.60. The second-order valence-corrected chi connectivity index (χ2v) is 10.4. The van der Waals surface area contributed by atoms with Gasteiger partial charge in [-0.15, -0.1) is 11.8 Å². The molecule has 4 nitrogen and oxygen atoms in total. The number of carbonyl (C=O) groups excluding carboxylic acids is 2. The van der Waals surface area contributed by atoms with Gasteiger partial charge in [0.25, 0.3) is 0 Å². The number of likely N-dealkylation sites (N-methyl/N-ethyl adjacent to an activating group) is 1. The Kier molecular flexibility index (Phi) is 10.3. The number of nitrogens with one attached hydrogen (secondary N) is 1. The van der Waals surface area contributed by atoms with Gasteiger partial charge in [0.1, 0.15) is 6.04 Å². The highest BCUT2D eigenvalue weighted by atomic mass is 79.9. The smallest absolute Gasteiger partial charge is 0.242 e. The monoisotopic (exact) mass is 578 g/mol. The second kappa shape index (κ2) is 13.2. The summed E-state index contributed by atoms with van der Waals surface area (Å²) in [5, 5.41) is 3.88. The van der Waals surface area contributed by atoms with Crippen LogP contribution in [-0.2, 0) is 28.3 Å². The Bertz CT molecular complexity index is 1130. The van der Waals surface area contributed by atoms with Crippen molar-refractivity contribution in [3.63, 3.8) is 0 Å². The van der Waals surface area contributed by atoms with E-state index in [9.17, 15) is 9.59 Å². The van der Waals surface area contributed by atoms with Crippen LogP contribution < -0.4 is 5.32 Å². The summed E-state index contributed by atoms with van der Waals surface area (Å²) in [4.78, 5) is 28.1. The third-order valence-corrected chi connectivity index (χ3v) is 7.30. The summed E-state index contributed by atoms with van der Waals surface area (Å²) >= 11 is 17.2. The quantitative estimate of drug-likeness (QED) is 0.303. The normalized spacial score (nSPS) is 11.6. The molecule has 1 N–H and O–H groups in total. The number of nitrogens with zero attached hydrogens (tertiary/aromatic N) is 1. The minimum Gasteiger partial charge on any atom is -0.357 e. The maximum atomic E-state index is 13.5. The molecule has 3 aromatic rings. The predicted octanol–water partition coefficient (Wildman–Crippen LogP) is 6.38. The van der Waals surface area contributed by atoms with Gasteiger partial charge in [-0.1, -0.05) is 87.7 Å². The Labute approximate surface area is 223 Å². The van der Waals surface area contributed by atoms with Gasteiger partial charge in [-0.3, -0.25) is 9.59 Å². The zero-order valence-corrected chi connectivity index (χ0v) is 22.6. The summed E-state index contributed by atoms with van der Waals surface area (Å²) in [5.41, 5.74) is 2.84. The van der Waals surface area contributed by atoms with Crippen molar-refractivity contribution in [3.8, 4) is 0 Å². The molecule has 3 aromatic carbocycles. The molecule has 34 heavy (non-hydrogen) atoms. The van der Waals surface area contributed by atoms with Gasteiger partial charge < -0.3 is 10.2 Å². The molecule has 0 saturated heterocycles. The molecule has 0 saturated carbocycles. The van der Waals surface area contributed by atoms with Gasteiger partial charge in [-0.05, 0) is 41.0 Å². The number of benzene rings is 3. The summed E-state index contributed by atoms with van der Waals surface area (Å²) < 4.78 is 0.920. The average molecular weight is 580 g/mol. The molecule has 0 spiro atoms. The van der Waals surface area contributed by atoms with Crippen LogP contribution in [0.2, 0.25) is 10.0 Å². The lowest BCUT2D eigenvalue weighted by Gasteiger charge is -2.31. The Morgan fingerprint density at radius 2 is 1.74 bits per heavy atom. The van der Waals surface area contributed by atoms with E-state index in [1.54, 1.807) is 24.1 Å². The molecule has 2 amide bonds. The highest BCUT2D eigenvalue weighted by molar-refractivity contribution is 9.10. The average Bonchev–Trinajstić information content (AvgIpc) is 2.83. The predicted molar refractivity (Wildman–Crippen MR) is 145 cm³/mol. The van der Waals surface area contributed by atoms with Crippen LogP contribution in [0.3, 0.4) is 0 Å². The first-order valence-electron chi connectivity index (χ1n) is 10.7. The van der Waals surface area contributed by atoms with Gasteiger partial charge in [0.15, 0.2) is 0 Å². The van der Waals surface area contributed by atoms with Crippen LogP contribution in [0.15, 0.2) is 77.3 Å². The molecular weight excluding hydrogens is 555 g/mol. The molecule has 0 heterocycles. The fourth-order valence-corrected chi connectivity index (χ4v) is 5.44. The Balaban J connectivity index is 1.81. The van der Waals surface area contributed by atoms with E-state index in [0.717, 1.165) is 21.2 Å². The molecule has 0 radical (unpaired) electrons. The van der Waals surface area contributed by atoms with Crippen molar-refractivity contribution >= 4 is 62.7 Å². The summed E-state index contributed by atoms with van der Waals surface area (Å²) in [6.45, 7) is 0.325. The van der Waals surface area contributed by atoms with Crippen molar-refractivity contribution in [2.75, 3.05) is 12.8 Å². The summed E-state index contributed by atoms with van der Waals surface area (Å²) in [6.07, 6.45) is 0.425. The Morgan fingerprint density at radius 3 is 2.41 bits per heavy atom. The number of carbonyl (C=O) groups is 2. The highest BCUT2D eigenvalue weighted by Crippen LogP contribution is 2.25. The molecule has 0 aliphatic carbocycles. The number of rotatable bonds is 10. The van der Waals surface area contributed by atoms with Crippen molar-refractivity contribution < 1.29 is 9.59 Å². The fraction of sp³-hybridized carbons (Fsp3) is 0.231. The van der Waals surface area contributed by atoms with Gasteiger partial charge in [-0.25, -0.2) is 0 Å². The molecule has 0 unspecified atom stereocenters. The lowest BCUT2D eigenvalue weighted by molar-refractivity contribution is -0.139. The maximum Gasteiger partial charge on any atom is 0.242 e. The van der Waals surface area contributed by atoms with Crippen molar-refractivity contribution in [2.24, 2.45) is 0 Å². The van der Waals surface area contributed by atoms with Crippen molar-refractivity contribution in [1.82, 2.24) is 10.2 Å².